The second kappa shape index (κ2) is 8.26. The van der Waals surface area contributed by atoms with Gasteiger partial charge in [-0.25, -0.2) is 0 Å². The maximum Gasteiger partial charge on any atom is 0.271 e. The fourth-order valence-corrected chi connectivity index (χ4v) is 3.03. The quantitative estimate of drug-likeness (QED) is 0.615. The van der Waals surface area contributed by atoms with Crippen molar-refractivity contribution in [3.8, 4) is 17.4 Å². The number of nitrogens with zero attached hydrogens (tertiary/aromatic N) is 2. The fraction of sp³-hybridized carbons (Fsp3) is 0.190. The largest absolute Gasteiger partial charge is 0.457 e. The van der Waals surface area contributed by atoms with Crippen LogP contribution in [0.2, 0.25) is 5.02 Å². The second-order valence-electron chi connectivity index (χ2n) is 6.22. The third-order valence-electron chi connectivity index (χ3n) is 4.41. The summed E-state index contributed by atoms with van der Waals surface area (Å²) in [6.45, 7) is 1.44. The smallest absolute Gasteiger partial charge is 0.271 e. The lowest BCUT2D eigenvalue weighted by molar-refractivity contribution is -0.140. The molecule has 0 aliphatic carbocycles. The first-order valence-corrected chi connectivity index (χ1v) is 9.00. The average molecular weight is 397 g/mol. The van der Waals surface area contributed by atoms with Gasteiger partial charge in [-0.2, -0.15) is 5.26 Å². The van der Waals surface area contributed by atoms with Crippen LogP contribution in [-0.4, -0.2) is 35.0 Å². The van der Waals surface area contributed by atoms with E-state index in [4.69, 9.17) is 21.1 Å². The Morgan fingerprint density at radius 3 is 2.54 bits per heavy atom. The molecule has 1 aliphatic rings. The van der Waals surface area contributed by atoms with E-state index in [1.807, 2.05) is 18.2 Å². The molecule has 0 fully saturated rings. The number of hydrogen-bond acceptors (Lipinski definition) is 5. The number of halogens is 1. The summed E-state index contributed by atoms with van der Waals surface area (Å²) in [4.78, 5) is 26.1. The van der Waals surface area contributed by atoms with Gasteiger partial charge in [0.1, 0.15) is 23.2 Å². The van der Waals surface area contributed by atoms with Crippen molar-refractivity contribution in [3.05, 3.63) is 63.9 Å². The number of benzene rings is 1. The maximum absolute atomic E-state index is 12.8. The van der Waals surface area contributed by atoms with Gasteiger partial charge in [-0.3, -0.25) is 14.5 Å². The summed E-state index contributed by atoms with van der Waals surface area (Å²) in [7, 11) is 0. The van der Waals surface area contributed by atoms with E-state index in [2.05, 4.69) is 0 Å². The van der Waals surface area contributed by atoms with Gasteiger partial charge in [0.2, 0.25) is 0 Å². The third kappa shape index (κ3) is 3.77. The van der Waals surface area contributed by atoms with E-state index in [-0.39, 0.29) is 30.7 Å². The predicted molar refractivity (Wildman–Crippen MR) is 104 cm³/mol. The molecule has 0 saturated carbocycles. The van der Waals surface area contributed by atoms with Gasteiger partial charge in [0.05, 0.1) is 0 Å². The molecule has 142 valence electrons. The number of aliphatic hydroxyl groups is 1. The SMILES string of the molecule is CC1=C(C#N)C(=O)N(CCCO)C(=O)/C1=C\c1ccc(-c2ccc(Cl)cc2)o1. The second-order valence-corrected chi connectivity index (χ2v) is 6.65. The summed E-state index contributed by atoms with van der Waals surface area (Å²) in [5.74, 6) is -0.139. The molecular formula is C21H17ClN2O4. The van der Waals surface area contributed by atoms with Crippen molar-refractivity contribution in [2.24, 2.45) is 0 Å². The zero-order valence-electron chi connectivity index (χ0n) is 15.1. The molecule has 7 heteroatoms. The number of amides is 2. The van der Waals surface area contributed by atoms with Gasteiger partial charge in [0.15, 0.2) is 0 Å². The van der Waals surface area contributed by atoms with Crippen LogP contribution >= 0.6 is 11.6 Å². The number of rotatable bonds is 5. The van der Waals surface area contributed by atoms with E-state index in [0.717, 1.165) is 10.5 Å². The van der Waals surface area contributed by atoms with Crippen molar-refractivity contribution in [1.82, 2.24) is 4.90 Å². The maximum atomic E-state index is 12.8. The monoisotopic (exact) mass is 396 g/mol. The van der Waals surface area contributed by atoms with Crippen molar-refractivity contribution in [1.29, 1.82) is 5.26 Å². The van der Waals surface area contributed by atoms with Crippen molar-refractivity contribution >= 4 is 29.5 Å². The minimum absolute atomic E-state index is 0.0398. The van der Waals surface area contributed by atoms with Crippen molar-refractivity contribution in [2.75, 3.05) is 13.2 Å². The van der Waals surface area contributed by atoms with E-state index in [9.17, 15) is 14.9 Å². The number of furan rings is 1. The van der Waals surface area contributed by atoms with Crippen LogP contribution in [0, 0.1) is 11.3 Å². The highest BCUT2D eigenvalue weighted by molar-refractivity contribution is 6.30. The van der Waals surface area contributed by atoms with Gasteiger partial charge in [0, 0.05) is 29.3 Å². The number of imide groups is 1. The Hall–Kier alpha value is -3.14. The highest BCUT2D eigenvalue weighted by Gasteiger charge is 2.35. The number of carbonyl (C=O) groups excluding carboxylic acids is 2. The van der Waals surface area contributed by atoms with Gasteiger partial charge in [-0.1, -0.05) is 11.6 Å². The van der Waals surface area contributed by atoms with Gasteiger partial charge < -0.3 is 9.52 Å². The Morgan fingerprint density at radius 1 is 1.18 bits per heavy atom. The summed E-state index contributed by atoms with van der Waals surface area (Å²) in [5.41, 5.74) is 1.26. The van der Waals surface area contributed by atoms with E-state index < -0.39 is 11.8 Å². The van der Waals surface area contributed by atoms with E-state index >= 15 is 0 Å². The summed E-state index contributed by atoms with van der Waals surface area (Å²) in [6.07, 6.45) is 1.76. The van der Waals surface area contributed by atoms with Crippen molar-refractivity contribution in [3.63, 3.8) is 0 Å². The highest BCUT2D eigenvalue weighted by Crippen LogP contribution is 2.29. The summed E-state index contributed by atoms with van der Waals surface area (Å²) in [5, 5.41) is 19.0. The molecular weight excluding hydrogens is 380 g/mol. The number of aliphatic hydroxyl groups excluding tert-OH is 1. The fourth-order valence-electron chi connectivity index (χ4n) is 2.90. The first-order chi connectivity index (χ1) is 13.5. The van der Waals surface area contributed by atoms with Crippen LogP contribution in [-0.2, 0) is 9.59 Å². The molecule has 0 saturated heterocycles. The van der Waals surface area contributed by atoms with Crippen molar-refractivity contribution < 1.29 is 19.1 Å². The van der Waals surface area contributed by atoms with Crippen LogP contribution < -0.4 is 0 Å². The summed E-state index contributed by atoms with van der Waals surface area (Å²) >= 11 is 5.90. The number of hydrogen-bond donors (Lipinski definition) is 1. The molecule has 0 unspecified atom stereocenters. The minimum Gasteiger partial charge on any atom is -0.457 e. The van der Waals surface area contributed by atoms with E-state index in [1.54, 1.807) is 31.2 Å². The van der Waals surface area contributed by atoms with Crippen LogP contribution in [0.15, 0.2) is 57.5 Å². The lowest BCUT2D eigenvalue weighted by Gasteiger charge is -2.27. The molecule has 2 heterocycles. The highest BCUT2D eigenvalue weighted by atomic mass is 35.5. The zero-order valence-corrected chi connectivity index (χ0v) is 15.9. The summed E-state index contributed by atoms with van der Waals surface area (Å²) in [6, 6.07) is 12.5. The topological polar surface area (TPSA) is 94.5 Å². The number of carbonyl (C=O) groups is 2. The molecule has 0 radical (unpaired) electrons. The van der Waals surface area contributed by atoms with Gasteiger partial charge >= 0.3 is 0 Å². The predicted octanol–water partition coefficient (Wildman–Crippen LogP) is 3.57. The average Bonchev–Trinajstić information content (AvgIpc) is 3.15. The molecule has 1 aliphatic heterocycles. The Morgan fingerprint density at radius 2 is 1.89 bits per heavy atom. The molecule has 0 atom stereocenters. The Balaban J connectivity index is 1.99. The first-order valence-electron chi connectivity index (χ1n) is 8.62. The molecule has 6 nitrogen and oxygen atoms in total. The Bertz CT molecular complexity index is 1030. The van der Waals surface area contributed by atoms with Gasteiger partial charge in [-0.05, 0) is 61.4 Å². The molecule has 3 rings (SSSR count). The molecule has 28 heavy (non-hydrogen) atoms. The van der Waals surface area contributed by atoms with Gasteiger partial charge in [-0.15, -0.1) is 0 Å². The third-order valence-corrected chi connectivity index (χ3v) is 4.66. The number of nitriles is 1. The van der Waals surface area contributed by atoms with Crippen LogP contribution in [0.4, 0.5) is 0 Å². The van der Waals surface area contributed by atoms with Crippen molar-refractivity contribution in [2.45, 2.75) is 13.3 Å². The zero-order chi connectivity index (χ0) is 20.3. The molecule has 1 aromatic heterocycles. The van der Waals surface area contributed by atoms with E-state index in [0.29, 0.717) is 22.1 Å². The van der Waals surface area contributed by atoms with Crippen LogP contribution in [0.25, 0.3) is 17.4 Å². The van der Waals surface area contributed by atoms with Gasteiger partial charge in [0.25, 0.3) is 11.8 Å². The molecule has 2 aromatic rings. The lowest BCUT2D eigenvalue weighted by Crippen LogP contribution is -2.43. The molecule has 1 aromatic carbocycles. The molecule has 1 N–H and O–H groups in total. The Kier molecular flexibility index (Phi) is 5.78. The molecule has 2 amide bonds. The van der Waals surface area contributed by atoms with E-state index in [1.165, 1.54) is 6.08 Å². The Labute approximate surface area is 166 Å². The lowest BCUT2D eigenvalue weighted by atomic mass is 9.94. The van der Waals surface area contributed by atoms with Crippen LogP contribution in [0.3, 0.4) is 0 Å². The van der Waals surface area contributed by atoms with Crippen LogP contribution in [0.1, 0.15) is 19.1 Å². The molecule has 0 bridgehead atoms. The van der Waals surface area contributed by atoms with Crippen LogP contribution in [0.5, 0.6) is 0 Å². The normalized spacial score (nSPS) is 16.1. The minimum atomic E-state index is -0.642. The summed E-state index contributed by atoms with van der Waals surface area (Å²) < 4.78 is 5.80. The first kappa shape index (κ1) is 19.6. The molecule has 0 spiro atoms. The standard InChI is InChI=1S/C21H17ClN2O4/c1-13-17(20(26)24(9-2-10-25)21(27)18(13)12-23)11-16-7-8-19(28-16)14-3-5-15(22)6-4-14/h3-8,11,25H,2,9-10H2,1H3/b17-11-.